The highest BCUT2D eigenvalue weighted by atomic mass is 32.2. The van der Waals surface area contributed by atoms with E-state index >= 15 is 0 Å². The molecule has 1 unspecified atom stereocenters. The Labute approximate surface area is 132 Å². The average molecular weight is 313 g/mol. The molecule has 0 aromatic heterocycles. The first-order chi connectivity index (χ1) is 9.77. The van der Waals surface area contributed by atoms with Gasteiger partial charge in [-0.1, -0.05) is 27.7 Å². The van der Waals surface area contributed by atoms with Crippen molar-refractivity contribution in [2.75, 3.05) is 12.3 Å². The first-order valence-corrected chi connectivity index (χ1v) is 8.82. The highest BCUT2D eigenvalue weighted by Gasteiger charge is 2.38. The Morgan fingerprint density at radius 3 is 2.33 bits per heavy atom. The number of nitrogens with zero attached hydrogens (tertiary/aromatic N) is 1. The molecule has 1 aliphatic heterocycles. The largest absolute Gasteiger partial charge is 0.299 e. The normalized spacial score (nSPS) is 20.7. The standard InChI is InChI=1S/C16H27NO3S/c1-6-17-14(18)8-13(16(17)20)21-9-12(7-10(2)3)15(19)11(4)5/h10-13H,6-9H2,1-5H3/t12-,13?/m0/s1. The number of Topliss-reactive ketones (excluding diaryl/α,β-unsaturated/α-hetero) is 1. The molecule has 0 aliphatic carbocycles. The summed E-state index contributed by atoms with van der Waals surface area (Å²) in [6.45, 7) is 10.3. The summed E-state index contributed by atoms with van der Waals surface area (Å²) in [5, 5.41) is -0.299. The van der Waals surface area contributed by atoms with E-state index in [9.17, 15) is 14.4 Å². The third-order valence-corrected chi connectivity index (χ3v) is 5.11. The van der Waals surface area contributed by atoms with E-state index in [1.807, 2.05) is 20.8 Å². The van der Waals surface area contributed by atoms with Crippen LogP contribution in [0.3, 0.4) is 0 Å². The van der Waals surface area contributed by atoms with Crippen molar-refractivity contribution in [3.8, 4) is 0 Å². The monoisotopic (exact) mass is 313 g/mol. The third kappa shape index (κ3) is 4.83. The van der Waals surface area contributed by atoms with Crippen LogP contribution in [0.2, 0.25) is 0 Å². The number of amides is 2. The lowest BCUT2D eigenvalue weighted by atomic mass is 9.89. The van der Waals surface area contributed by atoms with Crippen LogP contribution in [0.15, 0.2) is 0 Å². The van der Waals surface area contributed by atoms with E-state index in [-0.39, 0.29) is 41.1 Å². The lowest BCUT2D eigenvalue weighted by Crippen LogP contribution is -2.31. The quantitative estimate of drug-likeness (QED) is 0.647. The van der Waals surface area contributed by atoms with Crippen LogP contribution in [-0.2, 0) is 14.4 Å². The lowest BCUT2D eigenvalue weighted by molar-refractivity contribution is -0.138. The molecule has 1 saturated heterocycles. The van der Waals surface area contributed by atoms with Gasteiger partial charge in [-0.05, 0) is 19.3 Å². The molecule has 120 valence electrons. The van der Waals surface area contributed by atoms with Gasteiger partial charge in [0.1, 0.15) is 5.78 Å². The summed E-state index contributed by atoms with van der Waals surface area (Å²) in [7, 11) is 0. The summed E-state index contributed by atoms with van der Waals surface area (Å²) in [4.78, 5) is 37.4. The number of likely N-dealkylation sites (tertiary alicyclic amines) is 1. The Bertz CT molecular complexity index is 406. The van der Waals surface area contributed by atoms with E-state index in [0.717, 1.165) is 6.42 Å². The molecule has 1 fully saturated rings. The average Bonchev–Trinajstić information content (AvgIpc) is 2.67. The molecule has 0 radical (unpaired) electrons. The maximum absolute atomic E-state index is 12.3. The third-order valence-electron chi connectivity index (χ3n) is 3.74. The van der Waals surface area contributed by atoms with Crippen LogP contribution in [0.25, 0.3) is 0 Å². The Hall–Kier alpha value is -0.840. The predicted octanol–water partition coefficient (Wildman–Crippen LogP) is 2.75. The molecule has 2 amide bonds. The van der Waals surface area contributed by atoms with Crippen LogP contribution in [0.5, 0.6) is 0 Å². The summed E-state index contributed by atoms with van der Waals surface area (Å²) < 4.78 is 0. The molecule has 4 nitrogen and oxygen atoms in total. The van der Waals surface area contributed by atoms with Crippen LogP contribution >= 0.6 is 11.8 Å². The van der Waals surface area contributed by atoms with Crippen molar-refractivity contribution in [1.82, 2.24) is 4.90 Å². The molecule has 5 heteroatoms. The molecular weight excluding hydrogens is 286 g/mol. The Morgan fingerprint density at radius 1 is 1.29 bits per heavy atom. The Kier molecular flexibility index (Phi) is 6.91. The van der Waals surface area contributed by atoms with E-state index in [0.29, 0.717) is 18.2 Å². The van der Waals surface area contributed by atoms with E-state index in [1.54, 1.807) is 0 Å². The summed E-state index contributed by atoms with van der Waals surface area (Å²) in [5.41, 5.74) is 0. The van der Waals surface area contributed by atoms with Gasteiger partial charge in [0.15, 0.2) is 0 Å². The molecule has 0 saturated carbocycles. The van der Waals surface area contributed by atoms with Crippen LogP contribution in [-0.4, -0.2) is 40.0 Å². The fourth-order valence-electron chi connectivity index (χ4n) is 2.65. The number of ketones is 1. The van der Waals surface area contributed by atoms with Gasteiger partial charge in [0, 0.05) is 30.6 Å². The van der Waals surface area contributed by atoms with Crippen molar-refractivity contribution in [3.63, 3.8) is 0 Å². The van der Waals surface area contributed by atoms with Crippen molar-refractivity contribution in [2.24, 2.45) is 17.8 Å². The van der Waals surface area contributed by atoms with E-state index in [4.69, 9.17) is 0 Å². The molecule has 1 rings (SSSR count). The summed E-state index contributed by atoms with van der Waals surface area (Å²) >= 11 is 1.48. The van der Waals surface area contributed by atoms with Gasteiger partial charge in [-0.2, -0.15) is 0 Å². The van der Waals surface area contributed by atoms with Gasteiger partial charge in [-0.15, -0.1) is 11.8 Å². The number of imide groups is 1. The zero-order valence-corrected chi connectivity index (χ0v) is 14.5. The first-order valence-electron chi connectivity index (χ1n) is 7.77. The van der Waals surface area contributed by atoms with E-state index in [2.05, 4.69) is 13.8 Å². The maximum Gasteiger partial charge on any atom is 0.242 e. The van der Waals surface area contributed by atoms with E-state index < -0.39 is 0 Å². The molecule has 2 atom stereocenters. The van der Waals surface area contributed by atoms with Crippen LogP contribution in [0, 0.1) is 17.8 Å². The topological polar surface area (TPSA) is 54.5 Å². The predicted molar refractivity (Wildman–Crippen MR) is 86.0 cm³/mol. The zero-order valence-electron chi connectivity index (χ0n) is 13.7. The molecule has 0 N–H and O–H groups in total. The SMILES string of the molecule is CCN1C(=O)CC(SC[C@H](CC(C)C)C(=O)C(C)C)C1=O. The highest BCUT2D eigenvalue weighted by Crippen LogP contribution is 2.29. The molecule has 1 aliphatic rings. The van der Waals surface area contributed by atoms with Crippen LogP contribution in [0.4, 0.5) is 0 Å². The molecule has 0 bridgehead atoms. The molecule has 0 aromatic rings. The molecular formula is C16H27NO3S. The van der Waals surface area contributed by atoms with Crippen molar-refractivity contribution < 1.29 is 14.4 Å². The molecule has 0 aromatic carbocycles. The van der Waals surface area contributed by atoms with Gasteiger partial charge in [-0.3, -0.25) is 19.3 Å². The smallest absolute Gasteiger partial charge is 0.242 e. The number of hydrogen-bond donors (Lipinski definition) is 0. The second kappa shape index (κ2) is 7.97. The first kappa shape index (κ1) is 18.2. The minimum Gasteiger partial charge on any atom is -0.299 e. The lowest BCUT2D eigenvalue weighted by Gasteiger charge is -2.20. The minimum absolute atomic E-state index is 0.0161. The number of rotatable bonds is 8. The summed E-state index contributed by atoms with van der Waals surface area (Å²) in [6, 6.07) is 0. The Morgan fingerprint density at radius 2 is 1.90 bits per heavy atom. The maximum atomic E-state index is 12.3. The Balaban J connectivity index is 2.63. The minimum atomic E-state index is -0.299. The zero-order chi connectivity index (χ0) is 16.2. The second-order valence-electron chi connectivity index (χ2n) is 6.39. The van der Waals surface area contributed by atoms with Gasteiger partial charge in [0.2, 0.25) is 11.8 Å². The number of carbonyl (C=O) groups is 3. The summed E-state index contributed by atoms with van der Waals surface area (Å²) in [6.07, 6.45) is 1.12. The number of carbonyl (C=O) groups excluding carboxylic acids is 3. The fraction of sp³-hybridized carbons (Fsp3) is 0.812. The van der Waals surface area contributed by atoms with Crippen LogP contribution < -0.4 is 0 Å². The summed E-state index contributed by atoms with van der Waals surface area (Å²) in [5.74, 6) is 1.17. The molecule has 21 heavy (non-hydrogen) atoms. The van der Waals surface area contributed by atoms with Gasteiger partial charge in [0.25, 0.3) is 0 Å². The van der Waals surface area contributed by atoms with Gasteiger partial charge in [0.05, 0.1) is 5.25 Å². The van der Waals surface area contributed by atoms with Crippen molar-refractivity contribution in [2.45, 2.75) is 52.7 Å². The van der Waals surface area contributed by atoms with Crippen molar-refractivity contribution >= 4 is 29.4 Å². The van der Waals surface area contributed by atoms with Crippen molar-refractivity contribution in [3.05, 3.63) is 0 Å². The van der Waals surface area contributed by atoms with Crippen LogP contribution in [0.1, 0.15) is 47.5 Å². The number of hydrogen-bond acceptors (Lipinski definition) is 4. The van der Waals surface area contributed by atoms with Gasteiger partial charge in [-0.25, -0.2) is 0 Å². The molecule has 0 spiro atoms. The van der Waals surface area contributed by atoms with E-state index in [1.165, 1.54) is 16.7 Å². The molecule has 1 heterocycles. The fourth-order valence-corrected chi connectivity index (χ4v) is 3.95. The van der Waals surface area contributed by atoms with Gasteiger partial charge >= 0.3 is 0 Å². The highest BCUT2D eigenvalue weighted by molar-refractivity contribution is 8.00. The number of thioether (sulfide) groups is 1. The van der Waals surface area contributed by atoms with Crippen molar-refractivity contribution in [1.29, 1.82) is 0 Å². The second-order valence-corrected chi connectivity index (χ2v) is 7.62. The van der Waals surface area contributed by atoms with Gasteiger partial charge < -0.3 is 0 Å².